The third-order valence-corrected chi connectivity index (χ3v) is 3.19. The first-order valence-corrected chi connectivity index (χ1v) is 6.75. The second-order valence-corrected chi connectivity index (χ2v) is 4.65. The van der Waals surface area contributed by atoms with Gasteiger partial charge in [-0.3, -0.25) is 0 Å². The Morgan fingerprint density at radius 1 is 1.60 bits per heavy atom. The molecule has 0 spiro atoms. The molecule has 1 rings (SSSR count). The van der Waals surface area contributed by atoms with Gasteiger partial charge >= 0.3 is 6.03 Å². The van der Waals surface area contributed by atoms with Gasteiger partial charge in [-0.15, -0.1) is 6.58 Å². The molecular formula is C14H24N4O2. The fourth-order valence-electron chi connectivity index (χ4n) is 2.07. The van der Waals surface area contributed by atoms with Crippen LogP contribution in [0, 0.1) is 6.92 Å². The molecule has 0 fully saturated rings. The lowest BCUT2D eigenvalue weighted by molar-refractivity contribution is 0.236. The van der Waals surface area contributed by atoms with Gasteiger partial charge in [-0.25, -0.2) is 9.48 Å². The maximum Gasteiger partial charge on any atom is 0.315 e. The minimum absolute atomic E-state index is 0.115. The van der Waals surface area contributed by atoms with Gasteiger partial charge in [0.05, 0.1) is 24.9 Å². The number of amides is 2. The smallest absolute Gasteiger partial charge is 0.315 e. The summed E-state index contributed by atoms with van der Waals surface area (Å²) in [7, 11) is 3.41. The summed E-state index contributed by atoms with van der Waals surface area (Å²) in [6, 6.07) is -0.0756. The van der Waals surface area contributed by atoms with Crippen molar-refractivity contribution in [3.8, 4) is 5.88 Å². The number of ether oxygens (including phenoxy) is 1. The van der Waals surface area contributed by atoms with Crippen LogP contribution in [0.3, 0.4) is 0 Å². The van der Waals surface area contributed by atoms with Crippen LogP contribution < -0.4 is 15.4 Å². The van der Waals surface area contributed by atoms with Crippen LogP contribution in [0.2, 0.25) is 0 Å². The quantitative estimate of drug-likeness (QED) is 0.749. The van der Waals surface area contributed by atoms with E-state index in [0.717, 1.165) is 24.1 Å². The molecule has 6 nitrogen and oxygen atoms in total. The minimum Gasteiger partial charge on any atom is -0.481 e. The Morgan fingerprint density at radius 3 is 2.85 bits per heavy atom. The molecule has 1 aromatic rings. The fourth-order valence-corrected chi connectivity index (χ4v) is 2.07. The molecule has 0 radical (unpaired) electrons. The molecule has 112 valence electrons. The lowest BCUT2D eigenvalue weighted by Gasteiger charge is -2.15. The zero-order chi connectivity index (χ0) is 15.1. The largest absolute Gasteiger partial charge is 0.481 e. The molecular weight excluding hydrogens is 256 g/mol. The van der Waals surface area contributed by atoms with Crippen molar-refractivity contribution in [3.05, 3.63) is 23.9 Å². The van der Waals surface area contributed by atoms with Crippen molar-refractivity contribution in [2.45, 2.75) is 39.3 Å². The first-order valence-electron chi connectivity index (χ1n) is 6.75. The molecule has 0 bridgehead atoms. The summed E-state index contributed by atoms with van der Waals surface area (Å²) in [6.45, 7) is 8.00. The van der Waals surface area contributed by atoms with Gasteiger partial charge in [0, 0.05) is 13.1 Å². The van der Waals surface area contributed by atoms with Gasteiger partial charge in [-0.2, -0.15) is 5.10 Å². The maximum atomic E-state index is 11.9. The number of aromatic nitrogens is 2. The van der Waals surface area contributed by atoms with Crippen molar-refractivity contribution in [3.63, 3.8) is 0 Å². The van der Waals surface area contributed by atoms with Crippen LogP contribution in [0.1, 0.15) is 31.0 Å². The van der Waals surface area contributed by atoms with Crippen LogP contribution >= 0.6 is 0 Å². The summed E-state index contributed by atoms with van der Waals surface area (Å²) in [5.41, 5.74) is 1.74. The number of hydrogen-bond donors (Lipinski definition) is 2. The Kier molecular flexibility index (Phi) is 6.09. The highest BCUT2D eigenvalue weighted by Gasteiger charge is 2.15. The Hall–Kier alpha value is -1.98. The normalized spacial score (nSPS) is 11.8. The summed E-state index contributed by atoms with van der Waals surface area (Å²) >= 11 is 0. The van der Waals surface area contributed by atoms with Crippen molar-refractivity contribution in [1.29, 1.82) is 0 Å². The zero-order valence-corrected chi connectivity index (χ0v) is 12.7. The first kappa shape index (κ1) is 16.1. The molecule has 2 N–H and O–H groups in total. The van der Waals surface area contributed by atoms with E-state index < -0.39 is 0 Å². The molecule has 1 atom stereocenters. The minimum atomic E-state index is -0.191. The Morgan fingerprint density at radius 2 is 2.30 bits per heavy atom. The molecule has 0 saturated carbocycles. The Bertz CT molecular complexity index is 468. The van der Waals surface area contributed by atoms with E-state index in [2.05, 4.69) is 22.3 Å². The predicted molar refractivity (Wildman–Crippen MR) is 78.8 cm³/mol. The van der Waals surface area contributed by atoms with E-state index in [9.17, 15) is 4.79 Å². The lowest BCUT2D eigenvalue weighted by atomic mass is 10.1. The number of nitrogens with zero attached hydrogens (tertiary/aromatic N) is 2. The van der Waals surface area contributed by atoms with Crippen LogP contribution in [0.25, 0.3) is 0 Å². The topological polar surface area (TPSA) is 68.2 Å². The van der Waals surface area contributed by atoms with Crippen molar-refractivity contribution >= 4 is 6.03 Å². The number of rotatable bonds is 7. The zero-order valence-electron chi connectivity index (χ0n) is 12.7. The molecule has 6 heteroatoms. The molecule has 0 saturated heterocycles. The summed E-state index contributed by atoms with van der Waals surface area (Å²) in [4.78, 5) is 11.9. The SMILES string of the molecule is C=CC[C@@H](CC)NC(=O)NCc1c(C)nn(C)c1OC. The third-order valence-electron chi connectivity index (χ3n) is 3.19. The van der Waals surface area contributed by atoms with E-state index in [0.29, 0.717) is 12.4 Å². The van der Waals surface area contributed by atoms with E-state index >= 15 is 0 Å². The molecule has 20 heavy (non-hydrogen) atoms. The average Bonchev–Trinajstić information content (AvgIpc) is 2.69. The molecule has 0 aromatic carbocycles. The highest BCUT2D eigenvalue weighted by Crippen LogP contribution is 2.20. The second kappa shape index (κ2) is 7.57. The van der Waals surface area contributed by atoms with E-state index in [4.69, 9.17) is 4.74 Å². The molecule has 2 amide bonds. The molecule has 0 unspecified atom stereocenters. The monoisotopic (exact) mass is 280 g/mol. The van der Waals surface area contributed by atoms with Crippen molar-refractivity contribution < 1.29 is 9.53 Å². The van der Waals surface area contributed by atoms with Gasteiger partial charge < -0.3 is 15.4 Å². The molecule has 0 aliphatic heterocycles. The second-order valence-electron chi connectivity index (χ2n) is 4.65. The van der Waals surface area contributed by atoms with Gasteiger partial charge in [0.2, 0.25) is 5.88 Å². The molecule has 0 aliphatic carbocycles. The maximum absolute atomic E-state index is 11.9. The van der Waals surface area contributed by atoms with Crippen LogP contribution in [0.5, 0.6) is 5.88 Å². The van der Waals surface area contributed by atoms with Crippen molar-refractivity contribution in [2.24, 2.45) is 7.05 Å². The fraction of sp³-hybridized carbons (Fsp3) is 0.571. The van der Waals surface area contributed by atoms with Crippen LogP contribution in [-0.2, 0) is 13.6 Å². The molecule has 1 heterocycles. The van der Waals surface area contributed by atoms with E-state index in [-0.39, 0.29) is 12.1 Å². The van der Waals surface area contributed by atoms with Gasteiger partial charge in [-0.1, -0.05) is 13.0 Å². The number of carbonyl (C=O) groups is 1. The third kappa shape index (κ3) is 4.01. The number of methoxy groups -OCH3 is 1. The number of urea groups is 1. The Labute approximate surface area is 120 Å². The van der Waals surface area contributed by atoms with Crippen molar-refractivity contribution in [1.82, 2.24) is 20.4 Å². The van der Waals surface area contributed by atoms with Gasteiger partial charge in [-0.05, 0) is 19.8 Å². The van der Waals surface area contributed by atoms with E-state index in [1.807, 2.05) is 27.0 Å². The number of hydrogen-bond acceptors (Lipinski definition) is 3. The van der Waals surface area contributed by atoms with Crippen LogP contribution in [0.15, 0.2) is 12.7 Å². The lowest BCUT2D eigenvalue weighted by Crippen LogP contribution is -2.41. The molecule has 1 aromatic heterocycles. The van der Waals surface area contributed by atoms with Crippen LogP contribution in [0.4, 0.5) is 4.79 Å². The number of aryl methyl sites for hydroxylation is 2. The van der Waals surface area contributed by atoms with Gasteiger partial charge in [0.15, 0.2) is 0 Å². The highest BCUT2D eigenvalue weighted by atomic mass is 16.5. The highest BCUT2D eigenvalue weighted by molar-refractivity contribution is 5.74. The predicted octanol–water partition coefficient (Wildman–Crippen LogP) is 1.89. The van der Waals surface area contributed by atoms with E-state index in [1.165, 1.54) is 0 Å². The summed E-state index contributed by atoms with van der Waals surface area (Å²) in [6.07, 6.45) is 3.44. The van der Waals surface area contributed by atoms with Crippen LogP contribution in [-0.4, -0.2) is 29.0 Å². The summed E-state index contributed by atoms with van der Waals surface area (Å²) < 4.78 is 6.95. The summed E-state index contributed by atoms with van der Waals surface area (Å²) in [5, 5.41) is 10.0. The first-order chi connectivity index (χ1) is 9.53. The Balaban J connectivity index is 2.59. The molecule has 0 aliphatic rings. The van der Waals surface area contributed by atoms with Gasteiger partial charge in [0.1, 0.15) is 0 Å². The van der Waals surface area contributed by atoms with Gasteiger partial charge in [0.25, 0.3) is 0 Å². The van der Waals surface area contributed by atoms with E-state index in [1.54, 1.807) is 11.8 Å². The standard InChI is InChI=1S/C14H24N4O2/c1-6-8-11(7-2)16-14(19)15-9-12-10(3)17-18(4)13(12)20-5/h6,11H,1,7-9H2,2-5H3,(H2,15,16,19)/t11-/m1/s1. The number of carbonyl (C=O) groups excluding carboxylic acids is 1. The van der Waals surface area contributed by atoms with Crippen molar-refractivity contribution in [2.75, 3.05) is 7.11 Å². The average molecular weight is 280 g/mol. The summed E-state index contributed by atoms with van der Waals surface area (Å²) in [5.74, 6) is 0.668. The number of nitrogens with one attached hydrogen (secondary N) is 2.